The fraction of sp³-hybridized carbons (Fsp3) is 0.105. The van der Waals surface area contributed by atoms with Gasteiger partial charge in [-0.25, -0.2) is 0 Å². The Balaban J connectivity index is 1.70. The number of nitrogens with one attached hydrogen (secondary N) is 2. The number of aromatic amines is 1. The largest absolute Gasteiger partial charge is 0.448 e. The number of hydrogen-bond acceptors (Lipinski definition) is 6. The van der Waals surface area contributed by atoms with Crippen LogP contribution in [0.4, 0.5) is 5.69 Å². The van der Waals surface area contributed by atoms with Crippen molar-refractivity contribution in [3.63, 3.8) is 0 Å². The van der Waals surface area contributed by atoms with E-state index >= 15 is 0 Å². The fourth-order valence-electron chi connectivity index (χ4n) is 3.19. The van der Waals surface area contributed by atoms with Crippen molar-refractivity contribution in [2.45, 2.75) is 11.4 Å². The molecule has 1 aliphatic rings. The zero-order valence-corrected chi connectivity index (χ0v) is 14.7. The summed E-state index contributed by atoms with van der Waals surface area (Å²) < 4.78 is 6.28. The van der Waals surface area contributed by atoms with Crippen LogP contribution in [0.1, 0.15) is 11.8 Å². The van der Waals surface area contributed by atoms with Crippen molar-refractivity contribution in [1.82, 2.24) is 20.2 Å². The normalized spacial score (nSPS) is 15.5. The molecule has 2 aromatic heterocycles. The molecule has 2 aromatic carbocycles. The number of H-pyrrole nitrogens is 1. The van der Waals surface area contributed by atoms with Crippen LogP contribution >= 0.6 is 11.8 Å². The molecule has 5 rings (SSSR count). The minimum atomic E-state index is -0.389. The van der Waals surface area contributed by atoms with Gasteiger partial charge in [0.15, 0.2) is 11.9 Å². The first kappa shape index (κ1) is 15.2. The van der Waals surface area contributed by atoms with Gasteiger partial charge in [0.25, 0.3) is 0 Å². The summed E-state index contributed by atoms with van der Waals surface area (Å²) in [5.74, 6) is 0.483. The van der Waals surface area contributed by atoms with Crippen LogP contribution in [0.15, 0.2) is 59.9 Å². The van der Waals surface area contributed by atoms with Crippen LogP contribution in [-0.4, -0.2) is 26.4 Å². The monoisotopic (exact) mass is 361 g/mol. The van der Waals surface area contributed by atoms with E-state index < -0.39 is 0 Å². The highest BCUT2D eigenvalue weighted by Crippen LogP contribution is 2.40. The van der Waals surface area contributed by atoms with Gasteiger partial charge in [-0.1, -0.05) is 48.2 Å². The number of rotatable bonds is 2. The van der Waals surface area contributed by atoms with E-state index in [0.29, 0.717) is 16.7 Å². The van der Waals surface area contributed by atoms with E-state index in [1.807, 2.05) is 54.9 Å². The molecule has 6 nitrogen and oxygen atoms in total. The first-order valence-electron chi connectivity index (χ1n) is 8.21. The molecule has 0 spiro atoms. The molecular formula is C19H15N5OS. The van der Waals surface area contributed by atoms with Gasteiger partial charge in [-0.15, -0.1) is 10.2 Å². The smallest absolute Gasteiger partial charge is 0.247 e. The van der Waals surface area contributed by atoms with E-state index in [1.54, 1.807) is 0 Å². The highest BCUT2D eigenvalue weighted by molar-refractivity contribution is 7.98. The highest BCUT2D eigenvalue weighted by atomic mass is 32.2. The first-order valence-corrected chi connectivity index (χ1v) is 9.43. The Morgan fingerprint density at radius 2 is 1.88 bits per heavy atom. The molecule has 128 valence electrons. The Kier molecular flexibility index (Phi) is 3.53. The number of ether oxygens (including phenoxy) is 1. The minimum absolute atomic E-state index is 0.389. The molecule has 0 bridgehead atoms. The van der Waals surface area contributed by atoms with Crippen molar-refractivity contribution < 1.29 is 4.74 Å². The van der Waals surface area contributed by atoms with Crippen LogP contribution in [0.25, 0.3) is 22.2 Å². The third-order valence-corrected chi connectivity index (χ3v) is 4.96. The van der Waals surface area contributed by atoms with Crippen LogP contribution < -0.4 is 10.1 Å². The molecule has 0 amide bonds. The zero-order chi connectivity index (χ0) is 17.5. The summed E-state index contributed by atoms with van der Waals surface area (Å²) in [6.07, 6.45) is 3.50. The van der Waals surface area contributed by atoms with Gasteiger partial charge in [-0.05, 0) is 18.4 Å². The lowest BCUT2D eigenvalue weighted by Crippen LogP contribution is -2.16. The molecule has 0 radical (unpaired) electrons. The number of aromatic nitrogens is 4. The highest BCUT2D eigenvalue weighted by Gasteiger charge is 2.27. The lowest BCUT2D eigenvalue weighted by atomic mass is 10.1. The summed E-state index contributed by atoms with van der Waals surface area (Å²) in [6, 6.07) is 16.1. The van der Waals surface area contributed by atoms with Gasteiger partial charge in [0.05, 0.1) is 0 Å². The third-order valence-electron chi connectivity index (χ3n) is 4.42. The van der Waals surface area contributed by atoms with Crippen LogP contribution in [-0.2, 0) is 0 Å². The average molecular weight is 361 g/mol. The van der Waals surface area contributed by atoms with Gasteiger partial charge >= 0.3 is 0 Å². The second kappa shape index (κ2) is 6.03. The lowest BCUT2D eigenvalue weighted by Gasteiger charge is -2.18. The van der Waals surface area contributed by atoms with Gasteiger partial charge in [0.2, 0.25) is 11.0 Å². The summed E-state index contributed by atoms with van der Waals surface area (Å²) in [4.78, 5) is 7.85. The molecule has 1 aliphatic heterocycles. The molecule has 26 heavy (non-hydrogen) atoms. The van der Waals surface area contributed by atoms with Crippen LogP contribution in [0.3, 0.4) is 0 Å². The quantitative estimate of drug-likeness (QED) is 0.520. The molecule has 0 saturated carbocycles. The van der Waals surface area contributed by atoms with Gasteiger partial charge < -0.3 is 15.0 Å². The number of hydrogen-bond donors (Lipinski definition) is 2. The van der Waals surface area contributed by atoms with Crippen molar-refractivity contribution in [2.24, 2.45) is 0 Å². The summed E-state index contributed by atoms with van der Waals surface area (Å²) in [5.41, 5.74) is 4.60. The van der Waals surface area contributed by atoms with Crippen molar-refractivity contribution in [3.05, 3.63) is 60.3 Å². The minimum Gasteiger partial charge on any atom is -0.448 e. The standard InChI is InChI=1S/C19H15N5OS/c1-26-19-22-18-16(23-24-19)12-7-3-5-9-15(12)21-17(25-18)13-10-20-14-8-4-2-6-11(13)14/h2-10,17,20-21H,1H3/t17-/m1/s1. The van der Waals surface area contributed by atoms with Gasteiger partial charge in [0, 0.05) is 33.9 Å². The molecule has 0 saturated heterocycles. The molecule has 1 atom stereocenters. The summed E-state index contributed by atoms with van der Waals surface area (Å²) in [6.45, 7) is 0. The third kappa shape index (κ3) is 2.40. The van der Waals surface area contributed by atoms with Crippen LogP contribution in [0, 0.1) is 0 Å². The van der Waals surface area contributed by atoms with E-state index in [2.05, 4.69) is 31.5 Å². The molecule has 7 heteroatoms. The lowest BCUT2D eigenvalue weighted by molar-refractivity contribution is 0.226. The second-order valence-electron chi connectivity index (χ2n) is 5.93. The molecular weight excluding hydrogens is 346 g/mol. The average Bonchev–Trinajstić information content (AvgIpc) is 3.04. The Bertz CT molecular complexity index is 1110. The van der Waals surface area contributed by atoms with Crippen LogP contribution in [0.5, 0.6) is 5.88 Å². The predicted molar refractivity (Wildman–Crippen MR) is 102 cm³/mol. The van der Waals surface area contributed by atoms with Crippen LogP contribution in [0.2, 0.25) is 0 Å². The maximum Gasteiger partial charge on any atom is 0.247 e. The Hall–Kier alpha value is -3.06. The number of para-hydroxylation sites is 2. The van der Waals surface area contributed by atoms with Crippen molar-refractivity contribution in [2.75, 3.05) is 11.6 Å². The van der Waals surface area contributed by atoms with Gasteiger partial charge in [-0.2, -0.15) is 4.98 Å². The van der Waals surface area contributed by atoms with Gasteiger partial charge in [-0.3, -0.25) is 0 Å². The first-order chi connectivity index (χ1) is 12.8. The molecule has 0 unspecified atom stereocenters. The van der Waals surface area contributed by atoms with Crippen molar-refractivity contribution >= 4 is 28.4 Å². The SMILES string of the molecule is CSc1nnc2c(n1)O[C@H](c1c[nH]c3ccccc13)Nc1ccccc1-2. The number of thioether (sulfide) groups is 1. The maximum atomic E-state index is 6.28. The van der Waals surface area contributed by atoms with E-state index in [9.17, 15) is 0 Å². The fourth-order valence-corrected chi connectivity index (χ4v) is 3.48. The molecule has 0 aliphatic carbocycles. The summed E-state index contributed by atoms with van der Waals surface area (Å²) in [7, 11) is 0. The molecule has 2 N–H and O–H groups in total. The van der Waals surface area contributed by atoms with E-state index in [1.165, 1.54) is 11.8 Å². The molecule has 4 aromatic rings. The summed E-state index contributed by atoms with van der Waals surface area (Å²) >= 11 is 1.44. The molecule has 3 heterocycles. The topological polar surface area (TPSA) is 75.7 Å². The number of benzene rings is 2. The maximum absolute atomic E-state index is 6.28. The summed E-state index contributed by atoms with van der Waals surface area (Å²) in [5, 5.41) is 13.7. The van der Waals surface area contributed by atoms with Crippen molar-refractivity contribution in [1.29, 1.82) is 0 Å². The number of nitrogens with zero attached hydrogens (tertiary/aromatic N) is 3. The molecule has 0 fully saturated rings. The second-order valence-corrected chi connectivity index (χ2v) is 6.70. The zero-order valence-electron chi connectivity index (χ0n) is 13.9. The Morgan fingerprint density at radius 1 is 1.04 bits per heavy atom. The van der Waals surface area contributed by atoms with E-state index in [0.717, 1.165) is 27.7 Å². The Morgan fingerprint density at radius 3 is 2.81 bits per heavy atom. The van der Waals surface area contributed by atoms with Gasteiger partial charge in [0.1, 0.15) is 0 Å². The van der Waals surface area contributed by atoms with E-state index in [-0.39, 0.29) is 6.23 Å². The Labute approximate surface area is 154 Å². The van der Waals surface area contributed by atoms with E-state index in [4.69, 9.17) is 4.74 Å². The predicted octanol–water partition coefficient (Wildman–Crippen LogP) is 4.24. The van der Waals surface area contributed by atoms with Crippen molar-refractivity contribution in [3.8, 4) is 17.1 Å². The number of fused-ring (bicyclic) bond motifs is 4. The number of anilines is 1.